The van der Waals surface area contributed by atoms with Crippen LogP contribution in [0, 0.1) is 10.1 Å². The molecule has 0 unspecified atom stereocenters. The fraction of sp³-hybridized carbons (Fsp3) is 0.0588. The van der Waals surface area contributed by atoms with Crippen LogP contribution >= 0.6 is 35.4 Å². The lowest BCUT2D eigenvalue weighted by Crippen LogP contribution is -2.30. The first kappa shape index (κ1) is 18.3. The fourth-order valence-corrected chi connectivity index (χ4v) is 3.05. The Morgan fingerprint density at radius 3 is 2.62 bits per heavy atom. The normalized spacial score (nSPS) is 15.5. The second-order valence-electron chi connectivity index (χ2n) is 5.43. The van der Waals surface area contributed by atoms with Crippen molar-refractivity contribution in [1.29, 1.82) is 0 Å². The number of benzene rings is 2. The van der Waals surface area contributed by atoms with Crippen LogP contribution in [0.3, 0.4) is 0 Å². The third-order valence-electron chi connectivity index (χ3n) is 3.74. The lowest BCUT2D eigenvalue weighted by molar-refractivity contribution is -0.384. The summed E-state index contributed by atoms with van der Waals surface area (Å²) in [5.74, 6) is -0.363. The molecule has 0 saturated carbocycles. The molecule has 2 aromatic rings. The first-order valence-electron chi connectivity index (χ1n) is 7.38. The van der Waals surface area contributed by atoms with E-state index in [4.69, 9.17) is 35.4 Å². The topological polar surface area (TPSA) is 75.5 Å². The number of amides is 1. The average molecular weight is 408 g/mol. The van der Waals surface area contributed by atoms with Gasteiger partial charge in [-0.2, -0.15) is 0 Å². The summed E-state index contributed by atoms with van der Waals surface area (Å²) in [6, 6.07) is 11.1. The number of thiocarbonyl (C=S) groups is 1. The van der Waals surface area contributed by atoms with Gasteiger partial charge in [0.15, 0.2) is 5.11 Å². The zero-order valence-electron chi connectivity index (χ0n) is 13.1. The molecule has 6 nitrogen and oxygen atoms in total. The Balaban J connectivity index is 1.89. The molecule has 0 bridgehead atoms. The lowest BCUT2D eigenvalue weighted by Gasteiger charge is -2.14. The average Bonchev–Trinajstić information content (AvgIpc) is 2.86. The molecular formula is C17H11Cl2N3O3S. The number of carbonyl (C=O) groups is 1. The molecule has 1 aliphatic heterocycles. The van der Waals surface area contributed by atoms with Gasteiger partial charge in [0.25, 0.3) is 11.6 Å². The van der Waals surface area contributed by atoms with Gasteiger partial charge >= 0.3 is 0 Å². The SMILES string of the molecule is O=C1/C(=C/c2cc([N+](=O)[O-])ccc2Cl)NC(=S)N1Cc1ccccc1Cl. The Morgan fingerprint density at radius 2 is 1.92 bits per heavy atom. The summed E-state index contributed by atoms with van der Waals surface area (Å²) < 4.78 is 0. The molecule has 1 fully saturated rings. The van der Waals surface area contributed by atoms with E-state index in [0.29, 0.717) is 10.6 Å². The van der Waals surface area contributed by atoms with Crippen LogP contribution < -0.4 is 5.32 Å². The number of non-ortho nitro benzene ring substituents is 1. The standard InChI is InChI=1S/C17H11Cl2N3O3S/c18-13-4-2-1-3-10(13)9-21-16(23)15(20-17(21)26)8-11-7-12(22(24)25)5-6-14(11)19/h1-8H,9H2,(H,20,26)/b15-8-. The summed E-state index contributed by atoms with van der Waals surface area (Å²) in [4.78, 5) is 24.4. The Morgan fingerprint density at radius 1 is 1.19 bits per heavy atom. The van der Waals surface area contributed by atoms with Crippen molar-refractivity contribution < 1.29 is 9.72 Å². The maximum Gasteiger partial charge on any atom is 0.276 e. The van der Waals surface area contributed by atoms with Crippen molar-refractivity contribution >= 4 is 58.2 Å². The minimum absolute atomic E-state index is 0.123. The summed E-state index contributed by atoms with van der Waals surface area (Å²) in [5.41, 5.74) is 1.16. The molecule has 0 aliphatic carbocycles. The number of rotatable bonds is 4. The molecule has 9 heteroatoms. The number of hydrogen-bond donors (Lipinski definition) is 1. The van der Waals surface area contributed by atoms with Gasteiger partial charge < -0.3 is 5.32 Å². The van der Waals surface area contributed by atoms with E-state index in [1.54, 1.807) is 18.2 Å². The number of halogens is 2. The second kappa shape index (κ2) is 7.41. The summed E-state index contributed by atoms with van der Waals surface area (Å²) in [6.07, 6.45) is 1.44. The van der Waals surface area contributed by atoms with E-state index >= 15 is 0 Å². The van der Waals surface area contributed by atoms with Crippen LogP contribution in [0.1, 0.15) is 11.1 Å². The van der Waals surface area contributed by atoms with Crippen molar-refractivity contribution in [3.8, 4) is 0 Å². The highest BCUT2D eigenvalue weighted by molar-refractivity contribution is 7.80. The molecule has 1 saturated heterocycles. The van der Waals surface area contributed by atoms with Gasteiger partial charge in [-0.3, -0.25) is 19.8 Å². The van der Waals surface area contributed by atoms with Crippen molar-refractivity contribution in [2.45, 2.75) is 6.54 Å². The summed E-state index contributed by atoms with van der Waals surface area (Å²) in [7, 11) is 0. The van der Waals surface area contributed by atoms with Gasteiger partial charge in [0.1, 0.15) is 5.70 Å². The highest BCUT2D eigenvalue weighted by Gasteiger charge is 2.31. The minimum atomic E-state index is -0.531. The number of hydrogen-bond acceptors (Lipinski definition) is 4. The molecule has 26 heavy (non-hydrogen) atoms. The number of nitrogens with one attached hydrogen (secondary N) is 1. The van der Waals surface area contributed by atoms with Gasteiger partial charge in [0.05, 0.1) is 11.5 Å². The molecular weight excluding hydrogens is 397 g/mol. The number of nitro benzene ring substituents is 1. The minimum Gasteiger partial charge on any atom is -0.328 e. The number of nitrogens with zero attached hydrogens (tertiary/aromatic N) is 2. The van der Waals surface area contributed by atoms with Gasteiger partial charge in [-0.1, -0.05) is 41.4 Å². The van der Waals surface area contributed by atoms with Crippen molar-refractivity contribution in [2.75, 3.05) is 0 Å². The first-order valence-corrected chi connectivity index (χ1v) is 8.55. The van der Waals surface area contributed by atoms with Gasteiger partial charge in [0, 0.05) is 27.7 Å². The molecule has 3 rings (SSSR count). The predicted octanol–water partition coefficient (Wildman–Crippen LogP) is 4.16. The summed E-state index contributed by atoms with van der Waals surface area (Å²) in [5, 5.41) is 14.8. The highest BCUT2D eigenvalue weighted by Crippen LogP contribution is 2.26. The molecule has 132 valence electrons. The van der Waals surface area contributed by atoms with E-state index in [2.05, 4.69) is 5.32 Å². The molecule has 1 N–H and O–H groups in total. The van der Waals surface area contributed by atoms with Gasteiger partial charge in [-0.15, -0.1) is 0 Å². The van der Waals surface area contributed by atoms with Gasteiger partial charge in [-0.25, -0.2) is 0 Å². The van der Waals surface area contributed by atoms with Crippen molar-refractivity contribution in [2.24, 2.45) is 0 Å². The van der Waals surface area contributed by atoms with E-state index in [0.717, 1.165) is 5.56 Å². The Kier molecular flexibility index (Phi) is 5.22. The third kappa shape index (κ3) is 3.70. The fourth-order valence-electron chi connectivity index (χ4n) is 2.42. The van der Waals surface area contributed by atoms with Crippen molar-refractivity contribution in [3.05, 3.63) is 79.4 Å². The first-order chi connectivity index (χ1) is 12.4. The van der Waals surface area contributed by atoms with E-state index in [-0.39, 0.29) is 34.0 Å². The predicted molar refractivity (Wildman–Crippen MR) is 104 cm³/mol. The second-order valence-corrected chi connectivity index (χ2v) is 6.63. The Hall–Kier alpha value is -2.48. The van der Waals surface area contributed by atoms with E-state index < -0.39 is 4.92 Å². The van der Waals surface area contributed by atoms with Crippen LogP contribution in [0.4, 0.5) is 5.69 Å². The van der Waals surface area contributed by atoms with Crippen LogP contribution in [0.5, 0.6) is 0 Å². The van der Waals surface area contributed by atoms with Gasteiger partial charge in [-0.05, 0) is 36.0 Å². The number of carbonyl (C=O) groups excluding carboxylic acids is 1. The van der Waals surface area contributed by atoms with E-state index in [9.17, 15) is 14.9 Å². The molecule has 0 spiro atoms. The molecule has 1 heterocycles. The van der Waals surface area contributed by atoms with Crippen LogP contribution in [0.2, 0.25) is 10.0 Å². The third-order valence-corrected chi connectivity index (χ3v) is 4.77. The van der Waals surface area contributed by atoms with Crippen molar-refractivity contribution in [3.63, 3.8) is 0 Å². The van der Waals surface area contributed by atoms with Crippen LogP contribution in [0.15, 0.2) is 48.2 Å². The maximum atomic E-state index is 12.7. The maximum absolute atomic E-state index is 12.7. The zero-order chi connectivity index (χ0) is 18.8. The number of nitro groups is 1. The molecule has 0 aromatic heterocycles. The zero-order valence-corrected chi connectivity index (χ0v) is 15.4. The monoisotopic (exact) mass is 407 g/mol. The largest absolute Gasteiger partial charge is 0.328 e. The molecule has 0 radical (unpaired) electrons. The molecule has 2 aromatic carbocycles. The van der Waals surface area contributed by atoms with Gasteiger partial charge in [0.2, 0.25) is 0 Å². The Labute approximate surface area is 164 Å². The quantitative estimate of drug-likeness (QED) is 0.356. The van der Waals surface area contributed by atoms with Crippen LogP contribution in [0.25, 0.3) is 6.08 Å². The molecule has 0 atom stereocenters. The van der Waals surface area contributed by atoms with E-state index in [1.165, 1.54) is 29.2 Å². The molecule has 1 amide bonds. The highest BCUT2D eigenvalue weighted by atomic mass is 35.5. The van der Waals surface area contributed by atoms with E-state index in [1.807, 2.05) is 6.07 Å². The lowest BCUT2D eigenvalue weighted by atomic mass is 10.1. The Bertz CT molecular complexity index is 962. The van der Waals surface area contributed by atoms with Crippen LogP contribution in [-0.2, 0) is 11.3 Å². The van der Waals surface area contributed by atoms with Crippen LogP contribution in [-0.4, -0.2) is 20.8 Å². The molecule has 1 aliphatic rings. The smallest absolute Gasteiger partial charge is 0.276 e. The van der Waals surface area contributed by atoms with Crippen molar-refractivity contribution in [1.82, 2.24) is 10.2 Å². The summed E-state index contributed by atoms with van der Waals surface area (Å²) >= 11 is 17.4. The summed E-state index contributed by atoms with van der Waals surface area (Å²) in [6.45, 7) is 0.213.